The number of nitrogens with two attached hydrogens (primary N) is 8. The van der Waals surface area contributed by atoms with Gasteiger partial charge < -0.3 is 45.9 Å². The van der Waals surface area contributed by atoms with Crippen molar-refractivity contribution >= 4 is 132 Å². The molecule has 64 heavy (non-hydrogen) atoms. The van der Waals surface area contributed by atoms with Gasteiger partial charge in [0, 0.05) is 55.7 Å². The summed E-state index contributed by atoms with van der Waals surface area (Å²) in [5, 5.41) is 18.1. The molecule has 0 radical (unpaired) electrons. The number of hydrogen-bond acceptors (Lipinski definition) is 8. The van der Waals surface area contributed by atoms with Crippen LogP contribution in [0.5, 0.6) is 0 Å². The Bertz CT molecular complexity index is 3730. The monoisotopic (exact) mass is 832 g/mol. The molecule has 0 amide bonds. The molecule has 0 bridgehead atoms. The lowest BCUT2D eigenvalue weighted by atomic mass is 9.99. The summed E-state index contributed by atoms with van der Waals surface area (Å²) >= 11 is 0. The van der Waals surface area contributed by atoms with Crippen LogP contribution in [0.2, 0.25) is 0 Å². The number of nitrogen functional groups attached to an aromatic ring is 8. The van der Waals surface area contributed by atoms with Gasteiger partial charge in [0.1, 0.15) is 0 Å². The van der Waals surface area contributed by atoms with Gasteiger partial charge in [-0.1, -0.05) is 146 Å². The second-order valence-electron chi connectivity index (χ2n) is 15.9. The first kappa shape index (κ1) is 40.5. The number of rotatable bonds is 0. The van der Waals surface area contributed by atoms with Crippen molar-refractivity contribution in [2.75, 3.05) is 45.9 Å². The van der Waals surface area contributed by atoms with Crippen molar-refractivity contribution in [1.29, 1.82) is 0 Å². The third-order valence-electron chi connectivity index (χ3n) is 11.8. The third kappa shape index (κ3) is 7.67. The van der Waals surface area contributed by atoms with Gasteiger partial charge in [0.05, 0.1) is 11.4 Å². The van der Waals surface area contributed by atoms with E-state index < -0.39 is 0 Å². The van der Waals surface area contributed by atoms with Crippen molar-refractivity contribution < 1.29 is 0 Å². The van der Waals surface area contributed by atoms with E-state index in [2.05, 4.69) is 78.9 Å². The van der Waals surface area contributed by atoms with Crippen LogP contribution in [-0.4, -0.2) is 0 Å². The van der Waals surface area contributed by atoms with E-state index in [1.807, 2.05) is 115 Å². The lowest BCUT2D eigenvalue weighted by molar-refractivity contribution is 1.72. The zero-order chi connectivity index (χ0) is 44.5. The summed E-state index contributed by atoms with van der Waals surface area (Å²) in [7, 11) is 0. The van der Waals surface area contributed by atoms with Gasteiger partial charge in [-0.05, 0) is 113 Å². The Morgan fingerprint density at radius 1 is 0.188 bits per heavy atom. The predicted octanol–water partition coefficient (Wildman–Crippen LogP) is 12.6. The van der Waals surface area contributed by atoms with Crippen LogP contribution in [0.4, 0.5) is 45.5 Å². The van der Waals surface area contributed by atoms with Crippen LogP contribution in [0.3, 0.4) is 0 Å². The predicted molar refractivity (Wildman–Crippen MR) is 281 cm³/mol. The van der Waals surface area contributed by atoms with Crippen LogP contribution in [-0.2, 0) is 0 Å². The molecule has 0 heterocycles. The largest absolute Gasteiger partial charge is 0.399 e. The van der Waals surface area contributed by atoms with E-state index in [0.717, 1.165) is 87.7 Å². The Balaban J connectivity index is 0.000000108. The first-order valence-corrected chi connectivity index (χ1v) is 20.9. The zero-order valence-corrected chi connectivity index (χ0v) is 35.1. The molecule has 8 heteroatoms. The molecular weight excluding hydrogens is 785 g/mol. The van der Waals surface area contributed by atoms with Crippen LogP contribution < -0.4 is 45.9 Å². The molecule has 0 saturated carbocycles. The smallest absolute Gasteiger partial charge is 0.0554 e. The molecule has 0 aromatic heterocycles. The number of benzene rings is 12. The summed E-state index contributed by atoms with van der Waals surface area (Å²) in [6.45, 7) is 0. The quantitative estimate of drug-likeness (QED) is 0.0543. The minimum Gasteiger partial charge on any atom is -0.399 e. The Hall–Kier alpha value is -8.88. The van der Waals surface area contributed by atoms with Gasteiger partial charge in [-0.25, -0.2) is 0 Å². The average molecular weight is 833 g/mol. The summed E-state index contributed by atoms with van der Waals surface area (Å²) in [4.78, 5) is 0. The highest BCUT2D eigenvalue weighted by Gasteiger charge is 2.08. The van der Waals surface area contributed by atoms with E-state index >= 15 is 0 Å². The van der Waals surface area contributed by atoms with Gasteiger partial charge in [-0.2, -0.15) is 0 Å². The van der Waals surface area contributed by atoms with Crippen LogP contribution in [0, 0.1) is 0 Å². The number of anilines is 8. The van der Waals surface area contributed by atoms with Crippen LogP contribution in [0.15, 0.2) is 194 Å². The average Bonchev–Trinajstić information content (AvgIpc) is 3.30. The van der Waals surface area contributed by atoms with E-state index in [9.17, 15) is 0 Å². The highest BCUT2D eigenvalue weighted by molar-refractivity contribution is 6.17. The fraction of sp³-hybridized carbons (Fsp3) is 0. The Morgan fingerprint density at radius 2 is 0.625 bits per heavy atom. The van der Waals surface area contributed by atoms with E-state index in [4.69, 9.17) is 45.9 Å². The first-order chi connectivity index (χ1) is 31.0. The fourth-order valence-corrected chi connectivity index (χ4v) is 8.70. The molecule has 0 unspecified atom stereocenters. The Kier molecular flexibility index (Phi) is 10.7. The second-order valence-corrected chi connectivity index (χ2v) is 15.9. The van der Waals surface area contributed by atoms with Gasteiger partial charge >= 0.3 is 0 Å². The summed E-state index contributed by atoms with van der Waals surface area (Å²) in [5.41, 5.74) is 53.3. The molecule has 0 aliphatic rings. The van der Waals surface area contributed by atoms with E-state index in [-0.39, 0.29) is 0 Å². The Morgan fingerprint density at radius 3 is 1.34 bits per heavy atom. The van der Waals surface area contributed by atoms with Crippen molar-refractivity contribution in [3.05, 3.63) is 194 Å². The van der Waals surface area contributed by atoms with Crippen LogP contribution >= 0.6 is 0 Å². The molecule has 312 valence electrons. The maximum absolute atomic E-state index is 6.04. The molecule has 0 fully saturated rings. The lowest BCUT2D eigenvalue weighted by Crippen LogP contribution is -1.94. The lowest BCUT2D eigenvalue weighted by Gasteiger charge is -2.09. The second kappa shape index (κ2) is 16.9. The van der Waals surface area contributed by atoms with Gasteiger partial charge in [0.15, 0.2) is 0 Å². The molecule has 12 aromatic rings. The molecule has 0 saturated heterocycles. The molecule has 0 aliphatic heterocycles. The molecule has 0 atom stereocenters. The van der Waals surface area contributed by atoms with Crippen molar-refractivity contribution in [2.24, 2.45) is 0 Å². The fourth-order valence-electron chi connectivity index (χ4n) is 8.70. The van der Waals surface area contributed by atoms with Gasteiger partial charge in [-0.3, -0.25) is 0 Å². The summed E-state index contributed by atoms with van der Waals surface area (Å²) in [5.74, 6) is 0. The van der Waals surface area contributed by atoms with Gasteiger partial charge in [-0.15, -0.1) is 0 Å². The van der Waals surface area contributed by atoms with Gasteiger partial charge in [0.25, 0.3) is 0 Å². The molecule has 8 nitrogen and oxygen atoms in total. The third-order valence-corrected chi connectivity index (χ3v) is 11.8. The highest BCUT2D eigenvalue weighted by Crippen LogP contribution is 2.36. The first-order valence-electron chi connectivity index (χ1n) is 20.9. The summed E-state index contributed by atoms with van der Waals surface area (Å²) in [6.07, 6.45) is 0. The maximum Gasteiger partial charge on any atom is 0.0554 e. The summed E-state index contributed by atoms with van der Waals surface area (Å²) in [6, 6.07) is 64.6. The molecule has 12 rings (SSSR count). The molecule has 12 aromatic carbocycles. The van der Waals surface area contributed by atoms with Crippen molar-refractivity contribution in [3.63, 3.8) is 0 Å². The van der Waals surface area contributed by atoms with Crippen molar-refractivity contribution in [3.8, 4) is 0 Å². The molecular formula is C56H48N8. The van der Waals surface area contributed by atoms with E-state index in [0.29, 0.717) is 17.1 Å². The Labute approximate surface area is 370 Å². The molecule has 0 spiro atoms. The SMILES string of the molecule is Nc1cc(N)c2c(ccc3ccccc32)c1.Nc1cc2c(N)cccc2c2ccccc12.Nc1cc2ccc3ccccc3c2cc1N.Nc1cccc2c1c(N)cc1ccccc12. The van der Waals surface area contributed by atoms with Crippen molar-refractivity contribution in [1.82, 2.24) is 0 Å². The van der Waals surface area contributed by atoms with Gasteiger partial charge in [0.2, 0.25) is 0 Å². The maximum atomic E-state index is 6.04. The van der Waals surface area contributed by atoms with Crippen LogP contribution in [0.25, 0.3) is 86.2 Å². The molecule has 16 N–H and O–H groups in total. The molecule has 0 aliphatic carbocycles. The summed E-state index contributed by atoms with van der Waals surface area (Å²) < 4.78 is 0. The zero-order valence-electron chi connectivity index (χ0n) is 35.1. The number of hydrogen-bond donors (Lipinski definition) is 8. The normalized spacial score (nSPS) is 11.0. The highest BCUT2D eigenvalue weighted by atomic mass is 14.7. The standard InChI is InChI=1S/4C14H12N2/c15-13-7-3-6-10-9-4-1-2-5-11(9)14(16)8-12(10)13;15-12-7-3-6-11-10-5-2-1-4-9(10)8-13(16)14(11)12;15-11-7-10-6-5-9-3-1-2-4-12(9)14(10)13(16)8-11;15-13-7-10-6-5-9-3-1-2-4-11(9)12(10)8-14(13)16/h4*1-8H,15-16H2. The minimum atomic E-state index is 0.641. The van der Waals surface area contributed by atoms with E-state index in [1.165, 1.54) is 26.9 Å². The van der Waals surface area contributed by atoms with E-state index in [1.54, 1.807) is 0 Å². The van der Waals surface area contributed by atoms with Crippen molar-refractivity contribution in [2.45, 2.75) is 0 Å². The topological polar surface area (TPSA) is 208 Å². The number of fused-ring (bicyclic) bond motifs is 12. The van der Waals surface area contributed by atoms with Crippen LogP contribution in [0.1, 0.15) is 0 Å². The minimum absolute atomic E-state index is 0.641.